The second-order valence-corrected chi connectivity index (χ2v) is 3.05. The number of nitrogens with zero attached hydrogens (tertiary/aromatic N) is 1. The normalized spacial score (nSPS) is 10.0. The molecule has 0 aliphatic rings. The summed E-state index contributed by atoms with van der Waals surface area (Å²) in [7, 11) is 0. The molecule has 0 saturated heterocycles. The Morgan fingerprint density at radius 1 is 1.54 bits per heavy atom. The molecule has 3 nitrogen and oxygen atoms in total. The molecule has 0 aliphatic heterocycles. The lowest BCUT2D eigenvalue weighted by Gasteiger charge is -2.08. The third-order valence-corrected chi connectivity index (χ3v) is 1.91. The molecule has 0 amide bonds. The zero-order valence-corrected chi connectivity index (χ0v) is 8.21. The second kappa shape index (κ2) is 4.70. The van der Waals surface area contributed by atoms with E-state index in [1.54, 1.807) is 6.20 Å². The molecule has 1 aromatic rings. The van der Waals surface area contributed by atoms with E-state index in [2.05, 4.69) is 11.9 Å². The van der Waals surface area contributed by atoms with Crippen molar-refractivity contribution in [1.29, 1.82) is 0 Å². The number of aromatic nitrogens is 1. The summed E-state index contributed by atoms with van der Waals surface area (Å²) in [4.78, 5) is 4.06. The summed E-state index contributed by atoms with van der Waals surface area (Å²) in [6.07, 6.45) is 3.87. The van der Waals surface area contributed by atoms with Crippen LogP contribution in [0.1, 0.15) is 25.3 Å². The lowest BCUT2D eigenvalue weighted by atomic mass is 10.2. The van der Waals surface area contributed by atoms with Crippen molar-refractivity contribution in [2.45, 2.75) is 26.7 Å². The van der Waals surface area contributed by atoms with Crippen molar-refractivity contribution in [1.82, 2.24) is 4.98 Å². The fraction of sp³-hybridized carbons (Fsp3) is 0.500. The summed E-state index contributed by atoms with van der Waals surface area (Å²) < 4.78 is 5.42. The first-order valence-corrected chi connectivity index (χ1v) is 4.59. The molecular weight excluding hydrogens is 164 g/mol. The number of nitrogen functional groups attached to an aromatic ring is 1. The van der Waals surface area contributed by atoms with Crippen molar-refractivity contribution >= 4 is 5.69 Å². The number of ether oxygens (including phenoxy) is 1. The first kappa shape index (κ1) is 9.84. The molecule has 2 N–H and O–H groups in total. The number of pyridine rings is 1. The molecule has 0 saturated carbocycles. The molecule has 1 rings (SSSR count). The first-order chi connectivity index (χ1) is 6.25. The highest BCUT2D eigenvalue weighted by Crippen LogP contribution is 2.21. The van der Waals surface area contributed by atoms with Crippen LogP contribution in [0.25, 0.3) is 0 Å². The van der Waals surface area contributed by atoms with E-state index in [9.17, 15) is 0 Å². The molecule has 0 fully saturated rings. The van der Waals surface area contributed by atoms with Gasteiger partial charge < -0.3 is 10.5 Å². The zero-order valence-electron chi connectivity index (χ0n) is 8.21. The number of anilines is 1. The van der Waals surface area contributed by atoms with E-state index < -0.39 is 0 Å². The molecule has 1 aromatic heterocycles. The Hall–Kier alpha value is -1.25. The minimum atomic E-state index is 0.563. The molecule has 0 aliphatic carbocycles. The van der Waals surface area contributed by atoms with Crippen LogP contribution in [0, 0.1) is 6.92 Å². The van der Waals surface area contributed by atoms with Crippen molar-refractivity contribution < 1.29 is 4.74 Å². The Kier molecular flexibility index (Phi) is 3.55. The van der Waals surface area contributed by atoms with E-state index in [0.717, 1.165) is 18.4 Å². The predicted octanol–water partition coefficient (Wildman–Crippen LogP) is 2.15. The Labute approximate surface area is 78.9 Å². The number of hydrogen-bond acceptors (Lipinski definition) is 3. The van der Waals surface area contributed by atoms with Gasteiger partial charge in [0.05, 0.1) is 12.3 Å². The summed E-state index contributed by atoms with van der Waals surface area (Å²) in [5, 5.41) is 0. The molecule has 3 heteroatoms. The van der Waals surface area contributed by atoms with Gasteiger partial charge in [0.25, 0.3) is 0 Å². The maximum absolute atomic E-state index is 5.78. The van der Waals surface area contributed by atoms with Gasteiger partial charge in [0.15, 0.2) is 0 Å². The van der Waals surface area contributed by atoms with Crippen LogP contribution < -0.4 is 10.5 Å². The highest BCUT2D eigenvalue weighted by Gasteiger charge is 2.02. The minimum Gasteiger partial charge on any atom is -0.476 e. The van der Waals surface area contributed by atoms with Crippen LogP contribution in [0.4, 0.5) is 5.69 Å². The van der Waals surface area contributed by atoms with Gasteiger partial charge in [-0.25, -0.2) is 4.98 Å². The molecule has 13 heavy (non-hydrogen) atoms. The lowest BCUT2D eigenvalue weighted by molar-refractivity contribution is 0.299. The van der Waals surface area contributed by atoms with Crippen LogP contribution in [0.15, 0.2) is 12.3 Å². The summed E-state index contributed by atoms with van der Waals surface area (Å²) >= 11 is 0. The van der Waals surface area contributed by atoms with Crippen molar-refractivity contribution in [2.75, 3.05) is 12.3 Å². The Morgan fingerprint density at radius 3 is 3.00 bits per heavy atom. The first-order valence-electron chi connectivity index (χ1n) is 4.59. The number of rotatable bonds is 4. The molecule has 0 radical (unpaired) electrons. The third kappa shape index (κ3) is 2.61. The number of hydrogen-bond donors (Lipinski definition) is 1. The topological polar surface area (TPSA) is 48.1 Å². The molecule has 0 atom stereocenters. The van der Waals surface area contributed by atoms with E-state index in [0.29, 0.717) is 18.2 Å². The van der Waals surface area contributed by atoms with Crippen molar-refractivity contribution in [3.8, 4) is 5.88 Å². The lowest BCUT2D eigenvalue weighted by Crippen LogP contribution is -2.02. The summed E-state index contributed by atoms with van der Waals surface area (Å²) in [6, 6.07) is 1.88. The van der Waals surface area contributed by atoms with E-state index in [1.165, 1.54) is 0 Å². The van der Waals surface area contributed by atoms with Crippen LogP contribution in [0.3, 0.4) is 0 Å². The Morgan fingerprint density at radius 2 is 2.31 bits per heavy atom. The van der Waals surface area contributed by atoms with Crippen molar-refractivity contribution in [2.24, 2.45) is 0 Å². The van der Waals surface area contributed by atoms with Crippen LogP contribution >= 0.6 is 0 Å². The second-order valence-electron chi connectivity index (χ2n) is 3.05. The monoisotopic (exact) mass is 180 g/mol. The van der Waals surface area contributed by atoms with Gasteiger partial charge in [0.2, 0.25) is 5.88 Å². The number of nitrogens with two attached hydrogens (primary N) is 1. The van der Waals surface area contributed by atoms with E-state index in [4.69, 9.17) is 10.5 Å². The van der Waals surface area contributed by atoms with Gasteiger partial charge in [0, 0.05) is 6.20 Å². The van der Waals surface area contributed by atoms with Crippen LogP contribution in [-0.4, -0.2) is 11.6 Å². The summed E-state index contributed by atoms with van der Waals surface area (Å²) in [5.41, 5.74) is 7.44. The van der Waals surface area contributed by atoms with Gasteiger partial charge in [-0.15, -0.1) is 0 Å². The SMILES string of the molecule is CCCCOc1nccc(C)c1N. The Bertz CT molecular complexity index is 274. The predicted molar refractivity (Wildman–Crippen MR) is 53.8 cm³/mol. The number of aryl methyl sites for hydroxylation is 1. The fourth-order valence-corrected chi connectivity index (χ4v) is 0.973. The summed E-state index contributed by atoms with van der Waals surface area (Å²) in [5.74, 6) is 0.563. The largest absolute Gasteiger partial charge is 0.476 e. The van der Waals surface area contributed by atoms with Crippen molar-refractivity contribution in [3.63, 3.8) is 0 Å². The smallest absolute Gasteiger partial charge is 0.237 e. The average Bonchev–Trinajstić information content (AvgIpc) is 2.13. The maximum Gasteiger partial charge on any atom is 0.237 e. The molecule has 0 bridgehead atoms. The van der Waals surface area contributed by atoms with Gasteiger partial charge in [-0.2, -0.15) is 0 Å². The molecule has 72 valence electrons. The van der Waals surface area contributed by atoms with Gasteiger partial charge in [-0.1, -0.05) is 13.3 Å². The Balaban J connectivity index is 2.61. The molecular formula is C10H16N2O. The molecule has 1 heterocycles. The van der Waals surface area contributed by atoms with Gasteiger partial charge in [-0.3, -0.25) is 0 Å². The van der Waals surface area contributed by atoms with E-state index in [1.807, 2.05) is 13.0 Å². The molecule has 0 unspecified atom stereocenters. The van der Waals surface area contributed by atoms with Crippen molar-refractivity contribution in [3.05, 3.63) is 17.8 Å². The average molecular weight is 180 g/mol. The minimum absolute atomic E-state index is 0.563. The van der Waals surface area contributed by atoms with E-state index in [-0.39, 0.29) is 0 Å². The third-order valence-electron chi connectivity index (χ3n) is 1.91. The quantitative estimate of drug-likeness (QED) is 0.722. The van der Waals surface area contributed by atoms with Gasteiger partial charge in [-0.05, 0) is 25.0 Å². The zero-order chi connectivity index (χ0) is 9.68. The van der Waals surface area contributed by atoms with Crippen LogP contribution in [0.2, 0.25) is 0 Å². The van der Waals surface area contributed by atoms with Crippen LogP contribution in [-0.2, 0) is 0 Å². The highest BCUT2D eigenvalue weighted by atomic mass is 16.5. The number of unbranched alkanes of at least 4 members (excludes halogenated alkanes) is 1. The standard InChI is InChI=1S/C10H16N2O/c1-3-4-7-13-10-9(11)8(2)5-6-12-10/h5-6H,3-4,7,11H2,1-2H3. The summed E-state index contributed by atoms with van der Waals surface area (Å²) in [6.45, 7) is 4.76. The molecule has 0 spiro atoms. The molecule has 0 aromatic carbocycles. The van der Waals surface area contributed by atoms with Crippen LogP contribution in [0.5, 0.6) is 5.88 Å². The van der Waals surface area contributed by atoms with E-state index >= 15 is 0 Å². The van der Waals surface area contributed by atoms with Gasteiger partial charge >= 0.3 is 0 Å². The maximum atomic E-state index is 5.78. The highest BCUT2D eigenvalue weighted by molar-refractivity contribution is 5.53. The fourth-order valence-electron chi connectivity index (χ4n) is 0.973. The van der Waals surface area contributed by atoms with Gasteiger partial charge in [0.1, 0.15) is 0 Å².